The van der Waals surface area contributed by atoms with E-state index >= 15 is 0 Å². The van der Waals surface area contributed by atoms with Crippen molar-refractivity contribution in [2.24, 2.45) is 46.3 Å². The van der Waals surface area contributed by atoms with E-state index in [1.165, 1.54) is 64.2 Å². The van der Waals surface area contributed by atoms with Gasteiger partial charge in [-0.15, -0.1) is 0 Å². The molecule has 0 aromatic heterocycles. The number of carboxylic acid groups (broad SMARTS) is 1. The fourth-order valence-corrected chi connectivity index (χ4v) is 8.48. The number of rotatable bonds is 5. The van der Waals surface area contributed by atoms with Crippen LogP contribution in [0, 0.1) is 46.3 Å². The van der Waals surface area contributed by atoms with Crippen molar-refractivity contribution in [2.75, 3.05) is 13.2 Å². The standard InChI is InChI=1S/C21H34O.C7H13NO4.H2/c1-14(22)17-9-10-18-16-8-7-15-6-4-5-12-20(15,2)19(16)11-13-21(17,18)3;1-5(2)6(9)8-3-4-12-7(10)11;/h15-19H,4-13H2,1-3H3;5H,3-4H2,1-2H3,(H,8,9)(H,10,11);1H/t15-,16+,17-,18+,19+,20+,21-;;/m1../s1. The predicted molar refractivity (Wildman–Crippen MR) is 134 cm³/mol. The summed E-state index contributed by atoms with van der Waals surface area (Å²) in [5, 5.41) is 10.6. The van der Waals surface area contributed by atoms with Crippen molar-refractivity contribution in [1.29, 1.82) is 0 Å². The van der Waals surface area contributed by atoms with E-state index in [2.05, 4.69) is 23.9 Å². The van der Waals surface area contributed by atoms with Crippen LogP contribution in [0.4, 0.5) is 4.79 Å². The van der Waals surface area contributed by atoms with Gasteiger partial charge in [-0.25, -0.2) is 4.79 Å². The van der Waals surface area contributed by atoms with E-state index in [1.807, 2.05) is 6.92 Å². The van der Waals surface area contributed by atoms with Gasteiger partial charge < -0.3 is 15.2 Å². The van der Waals surface area contributed by atoms with Gasteiger partial charge in [-0.1, -0.05) is 40.5 Å². The van der Waals surface area contributed by atoms with Crippen LogP contribution in [0.5, 0.6) is 0 Å². The molecule has 2 N–H and O–H groups in total. The zero-order valence-corrected chi connectivity index (χ0v) is 22.0. The first-order valence-electron chi connectivity index (χ1n) is 13.6. The average molecular weight is 480 g/mol. The monoisotopic (exact) mass is 479 g/mol. The highest BCUT2D eigenvalue weighted by atomic mass is 16.7. The van der Waals surface area contributed by atoms with Gasteiger partial charge in [0.25, 0.3) is 0 Å². The van der Waals surface area contributed by atoms with E-state index in [1.54, 1.807) is 13.8 Å². The van der Waals surface area contributed by atoms with Crippen molar-refractivity contribution in [3.05, 3.63) is 0 Å². The maximum Gasteiger partial charge on any atom is 0.505 e. The van der Waals surface area contributed by atoms with Crippen molar-refractivity contribution in [2.45, 2.75) is 98.8 Å². The Kier molecular flexibility index (Phi) is 8.73. The number of Topliss-reactive ketones (excluding diaryl/α,β-unsaturated/α-hetero) is 1. The number of carbonyl (C=O) groups is 3. The third-order valence-corrected chi connectivity index (χ3v) is 10.2. The minimum atomic E-state index is -1.33. The Hall–Kier alpha value is -1.59. The van der Waals surface area contributed by atoms with Gasteiger partial charge in [0.15, 0.2) is 0 Å². The number of amides is 1. The number of ketones is 1. The third-order valence-electron chi connectivity index (χ3n) is 10.2. The zero-order chi connectivity index (χ0) is 25.1. The van der Waals surface area contributed by atoms with Crippen LogP contribution in [0.1, 0.15) is 100 Å². The highest BCUT2D eigenvalue weighted by Crippen LogP contribution is 2.67. The van der Waals surface area contributed by atoms with E-state index in [4.69, 9.17) is 5.11 Å². The fourth-order valence-electron chi connectivity index (χ4n) is 8.48. The van der Waals surface area contributed by atoms with E-state index in [0.717, 1.165) is 23.7 Å². The first-order valence-corrected chi connectivity index (χ1v) is 13.6. The molecule has 0 heterocycles. The highest BCUT2D eigenvalue weighted by Gasteiger charge is 2.60. The minimum Gasteiger partial charge on any atom is -0.450 e. The Morgan fingerprint density at radius 1 is 0.971 bits per heavy atom. The molecule has 0 aromatic rings. The third kappa shape index (κ3) is 5.46. The molecule has 0 saturated heterocycles. The molecule has 4 saturated carbocycles. The Labute approximate surface area is 207 Å². The lowest BCUT2D eigenvalue weighted by Gasteiger charge is -2.60. The van der Waals surface area contributed by atoms with Crippen LogP contribution in [-0.4, -0.2) is 36.1 Å². The Bertz CT molecular complexity index is 758. The molecule has 34 heavy (non-hydrogen) atoms. The number of hydrogen-bond donors (Lipinski definition) is 2. The van der Waals surface area contributed by atoms with E-state index < -0.39 is 6.16 Å². The summed E-state index contributed by atoms with van der Waals surface area (Å²) >= 11 is 0. The lowest BCUT2D eigenvalue weighted by molar-refractivity contribution is -0.133. The maximum absolute atomic E-state index is 12.2. The van der Waals surface area contributed by atoms with E-state index in [0.29, 0.717) is 22.5 Å². The molecule has 0 bridgehead atoms. The van der Waals surface area contributed by atoms with Crippen LogP contribution in [0.3, 0.4) is 0 Å². The second-order valence-electron chi connectivity index (χ2n) is 12.2. The molecule has 0 unspecified atom stereocenters. The van der Waals surface area contributed by atoms with Crippen LogP contribution in [0.2, 0.25) is 0 Å². The van der Waals surface area contributed by atoms with E-state index in [9.17, 15) is 14.4 Å². The smallest absolute Gasteiger partial charge is 0.450 e. The summed E-state index contributed by atoms with van der Waals surface area (Å²) < 4.78 is 4.17. The summed E-state index contributed by atoms with van der Waals surface area (Å²) in [5.74, 6) is 4.41. The van der Waals surface area contributed by atoms with Crippen LogP contribution in [0.25, 0.3) is 0 Å². The lowest BCUT2D eigenvalue weighted by Crippen LogP contribution is -2.53. The molecular weight excluding hydrogens is 430 g/mol. The molecule has 196 valence electrons. The molecule has 0 spiro atoms. The van der Waals surface area contributed by atoms with Gasteiger partial charge in [-0.3, -0.25) is 9.59 Å². The molecule has 4 rings (SSSR count). The fraction of sp³-hybridized carbons (Fsp3) is 0.893. The normalized spacial score (nSPS) is 38.5. The molecular formula is C28H49NO5. The molecule has 4 aliphatic rings. The number of fused-ring (bicyclic) bond motifs is 5. The van der Waals surface area contributed by atoms with Gasteiger partial charge in [0.1, 0.15) is 12.4 Å². The van der Waals surface area contributed by atoms with Crippen molar-refractivity contribution in [1.82, 2.24) is 5.32 Å². The number of nitrogens with one attached hydrogen (secondary N) is 1. The van der Waals surface area contributed by atoms with E-state index in [-0.39, 0.29) is 26.4 Å². The zero-order valence-electron chi connectivity index (χ0n) is 22.0. The van der Waals surface area contributed by atoms with Gasteiger partial charge in [0.05, 0.1) is 6.54 Å². The molecule has 6 heteroatoms. The molecule has 0 aromatic carbocycles. The van der Waals surface area contributed by atoms with Gasteiger partial charge in [-0.05, 0) is 92.8 Å². The lowest BCUT2D eigenvalue weighted by atomic mass is 9.45. The summed E-state index contributed by atoms with van der Waals surface area (Å²) in [4.78, 5) is 32.9. The molecule has 6 nitrogen and oxygen atoms in total. The molecule has 4 aliphatic carbocycles. The largest absolute Gasteiger partial charge is 0.505 e. The van der Waals surface area contributed by atoms with Crippen LogP contribution in [-0.2, 0) is 14.3 Å². The van der Waals surface area contributed by atoms with Crippen molar-refractivity contribution < 1.29 is 25.7 Å². The first kappa shape index (κ1) is 27.0. The number of hydrogen-bond acceptors (Lipinski definition) is 4. The summed E-state index contributed by atoms with van der Waals surface area (Å²) in [5.41, 5.74) is 0.974. The highest BCUT2D eigenvalue weighted by molar-refractivity contribution is 5.79. The summed E-state index contributed by atoms with van der Waals surface area (Å²) in [7, 11) is 0. The number of carbonyl (C=O) groups excluding carboxylic acids is 2. The van der Waals surface area contributed by atoms with Gasteiger partial charge in [-0.2, -0.15) is 0 Å². The van der Waals surface area contributed by atoms with Gasteiger partial charge in [0.2, 0.25) is 5.91 Å². The molecule has 0 aliphatic heterocycles. The Morgan fingerprint density at radius 2 is 1.68 bits per heavy atom. The molecule has 7 atom stereocenters. The quantitative estimate of drug-likeness (QED) is 0.355. The van der Waals surface area contributed by atoms with Crippen LogP contribution >= 0.6 is 0 Å². The number of ether oxygens (including phenoxy) is 1. The van der Waals surface area contributed by atoms with Crippen molar-refractivity contribution in [3.8, 4) is 0 Å². The summed E-state index contributed by atoms with van der Waals surface area (Å²) in [6, 6.07) is 0. The minimum absolute atomic E-state index is 0. The van der Waals surface area contributed by atoms with Crippen LogP contribution in [0.15, 0.2) is 0 Å². The van der Waals surface area contributed by atoms with Crippen molar-refractivity contribution in [3.63, 3.8) is 0 Å². The Morgan fingerprint density at radius 3 is 2.32 bits per heavy atom. The Balaban J connectivity index is 0.000000288. The van der Waals surface area contributed by atoms with Gasteiger partial charge in [0, 0.05) is 13.3 Å². The average Bonchev–Trinajstić information content (AvgIpc) is 3.14. The van der Waals surface area contributed by atoms with Crippen LogP contribution < -0.4 is 5.32 Å². The summed E-state index contributed by atoms with van der Waals surface area (Å²) in [6.45, 7) is 10.7. The molecule has 1 amide bonds. The second-order valence-corrected chi connectivity index (χ2v) is 12.2. The van der Waals surface area contributed by atoms with Gasteiger partial charge >= 0.3 is 6.16 Å². The summed E-state index contributed by atoms with van der Waals surface area (Å²) in [6.07, 6.45) is 12.8. The second kappa shape index (κ2) is 11.0. The topological polar surface area (TPSA) is 92.7 Å². The predicted octanol–water partition coefficient (Wildman–Crippen LogP) is 6.32. The molecule has 4 fully saturated rings. The molecule has 0 radical (unpaired) electrons. The first-order chi connectivity index (χ1) is 16.0. The SMILES string of the molecule is CC(=O)[C@H]1CC[C@H]2[C@@H]3CC[C@H]4CCCC[C@]4(C)[C@H]3CC[C@]12C.CC(C)C(=O)NCCOC(=O)O.[HH]. The maximum atomic E-state index is 12.2. The van der Waals surface area contributed by atoms with Crippen molar-refractivity contribution >= 4 is 17.8 Å².